The number of nitrogens with zero attached hydrogens (tertiary/aromatic N) is 3. The molecule has 0 spiro atoms. The summed E-state index contributed by atoms with van der Waals surface area (Å²) in [6.07, 6.45) is 3.14. The minimum atomic E-state index is -0.628. The minimum absolute atomic E-state index is 0.219. The normalized spacial score (nSPS) is 11.4. The highest BCUT2D eigenvalue weighted by atomic mass is 16.2. The second-order valence-electron chi connectivity index (χ2n) is 5.94. The van der Waals surface area contributed by atoms with E-state index in [-0.39, 0.29) is 5.69 Å². The smallest absolute Gasteiger partial charge is 0.322 e. The average Bonchev–Trinajstić information content (AvgIpc) is 2.49. The lowest BCUT2D eigenvalue weighted by Crippen LogP contribution is -2.29. The highest BCUT2D eigenvalue weighted by Crippen LogP contribution is 2.24. The van der Waals surface area contributed by atoms with E-state index < -0.39 is 11.2 Å². The predicted molar refractivity (Wildman–Crippen MR) is 90.0 cm³/mol. The van der Waals surface area contributed by atoms with Crippen LogP contribution in [0.5, 0.6) is 0 Å². The molecule has 0 aromatic heterocycles. The SMILES string of the molecule is CCCCCn1c2nc(=O)[nH]c(=O)c-2nc2cc(C)c(C)cc21. The molecule has 1 N–H and O–H groups in total. The van der Waals surface area contributed by atoms with E-state index in [4.69, 9.17) is 0 Å². The zero-order chi connectivity index (χ0) is 16.6. The van der Waals surface area contributed by atoms with Gasteiger partial charge in [-0.3, -0.25) is 9.78 Å². The van der Waals surface area contributed by atoms with Gasteiger partial charge in [0, 0.05) is 6.54 Å². The van der Waals surface area contributed by atoms with Crippen molar-refractivity contribution in [1.82, 2.24) is 19.5 Å². The number of aryl methyl sites for hydroxylation is 3. The fourth-order valence-corrected chi connectivity index (χ4v) is 2.80. The van der Waals surface area contributed by atoms with Gasteiger partial charge in [0.15, 0.2) is 11.5 Å². The monoisotopic (exact) mass is 312 g/mol. The molecule has 2 heterocycles. The lowest BCUT2D eigenvalue weighted by atomic mass is 10.1. The van der Waals surface area contributed by atoms with Crippen LogP contribution in [0.4, 0.5) is 0 Å². The number of hydrogen-bond acceptors (Lipinski definition) is 4. The van der Waals surface area contributed by atoms with E-state index in [0.29, 0.717) is 12.4 Å². The third-order valence-corrected chi connectivity index (χ3v) is 4.21. The number of aromatic amines is 1. The Labute approximate surface area is 133 Å². The second-order valence-corrected chi connectivity index (χ2v) is 5.94. The van der Waals surface area contributed by atoms with Gasteiger partial charge in [0.05, 0.1) is 11.0 Å². The van der Waals surface area contributed by atoms with E-state index in [1.54, 1.807) is 0 Å². The maximum Gasteiger partial charge on any atom is 0.349 e. The summed E-state index contributed by atoms with van der Waals surface area (Å²) in [6.45, 7) is 6.91. The zero-order valence-electron chi connectivity index (χ0n) is 13.6. The van der Waals surface area contributed by atoms with Crippen LogP contribution in [0.3, 0.4) is 0 Å². The number of fused-ring (bicyclic) bond motifs is 2. The fraction of sp³-hybridized carbons (Fsp3) is 0.412. The molecule has 1 aromatic rings. The largest absolute Gasteiger partial charge is 0.349 e. The lowest BCUT2D eigenvalue weighted by Gasteiger charge is -2.17. The molecule has 1 aromatic carbocycles. The topological polar surface area (TPSA) is 80.6 Å². The van der Waals surface area contributed by atoms with Crippen molar-refractivity contribution in [2.75, 3.05) is 0 Å². The quantitative estimate of drug-likeness (QED) is 0.592. The third-order valence-electron chi connectivity index (χ3n) is 4.21. The Balaban J connectivity index is 2.37. The molecule has 0 atom stereocenters. The average molecular weight is 312 g/mol. The van der Waals surface area contributed by atoms with Crippen LogP contribution >= 0.6 is 0 Å². The van der Waals surface area contributed by atoms with Crippen LogP contribution in [0.1, 0.15) is 37.3 Å². The van der Waals surface area contributed by atoms with Gasteiger partial charge in [-0.25, -0.2) is 9.78 Å². The summed E-state index contributed by atoms with van der Waals surface area (Å²) in [6, 6.07) is 4.03. The number of H-pyrrole nitrogens is 1. The highest BCUT2D eigenvalue weighted by Gasteiger charge is 2.18. The molecule has 6 heteroatoms. The molecule has 2 aliphatic heterocycles. The van der Waals surface area contributed by atoms with Crippen molar-refractivity contribution in [3.05, 3.63) is 44.1 Å². The van der Waals surface area contributed by atoms with Crippen molar-refractivity contribution in [3.63, 3.8) is 0 Å². The van der Waals surface area contributed by atoms with Crippen LogP contribution in [0.25, 0.3) is 22.6 Å². The number of aromatic nitrogens is 4. The molecule has 120 valence electrons. The first kappa shape index (κ1) is 15.4. The van der Waals surface area contributed by atoms with Crippen LogP contribution in [0, 0.1) is 13.8 Å². The summed E-state index contributed by atoms with van der Waals surface area (Å²) in [5.41, 5.74) is 3.04. The van der Waals surface area contributed by atoms with Gasteiger partial charge in [0.25, 0.3) is 5.56 Å². The molecule has 0 aliphatic carbocycles. The summed E-state index contributed by atoms with van der Waals surface area (Å²) in [5, 5.41) is 0. The van der Waals surface area contributed by atoms with E-state index in [0.717, 1.165) is 41.4 Å². The van der Waals surface area contributed by atoms with Crippen molar-refractivity contribution in [3.8, 4) is 11.5 Å². The number of nitrogens with one attached hydrogen (secondary N) is 1. The Hall–Kier alpha value is -2.50. The molecule has 23 heavy (non-hydrogen) atoms. The first-order valence-electron chi connectivity index (χ1n) is 7.93. The van der Waals surface area contributed by atoms with Crippen molar-refractivity contribution < 1.29 is 0 Å². The van der Waals surface area contributed by atoms with Gasteiger partial charge in [0.1, 0.15) is 0 Å². The molecule has 6 nitrogen and oxygen atoms in total. The Bertz CT molecular complexity index is 955. The summed E-state index contributed by atoms with van der Waals surface area (Å²) < 4.78 is 1.95. The molecule has 0 unspecified atom stereocenters. The summed E-state index contributed by atoms with van der Waals surface area (Å²) in [7, 11) is 0. The van der Waals surface area contributed by atoms with Gasteiger partial charge in [-0.05, 0) is 43.5 Å². The minimum Gasteiger partial charge on any atom is -0.322 e. The molecule has 0 saturated heterocycles. The van der Waals surface area contributed by atoms with E-state index in [1.807, 2.05) is 24.5 Å². The van der Waals surface area contributed by atoms with Crippen LogP contribution in [0.15, 0.2) is 21.7 Å². The zero-order valence-corrected chi connectivity index (χ0v) is 13.6. The molecule has 0 bridgehead atoms. The maximum atomic E-state index is 12.1. The first-order valence-corrected chi connectivity index (χ1v) is 7.93. The van der Waals surface area contributed by atoms with Crippen LogP contribution in [0.2, 0.25) is 0 Å². The molecular formula is C17H20N4O2. The van der Waals surface area contributed by atoms with E-state index in [1.165, 1.54) is 0 Å². The third kappa shape index (κ3) is 2.76. The summed E-state index contributed by atoms with van der Waals surface area (Å²) >= 11 is 0. The van der Waals surface area contributed by atoms with Crippen molar-refractivity contribution >= 4 is 11.0 Å². The van der Waals surface area contributed by atoms with Gasteiger partial charge >= 0.3 is 5.69 Å². The van der Waals surface area contributed by atoms with Crippen LogP contribution in [-0.4, -0.2) is 19.5 Å². The van der Waals surface area contributed by atoms with Crippen LogP contribution < -0.4 is 11.2 Å². The van der Waals surface area contributed by atoms with Crippen molar-refractivity contribution in [2.45, 2.75) is 46.6 Å². The van der Waals surface area contributed by atoms with E-state index >= 15 is 0 Å². The fourth-order valence-electron chi connectivity index (χ4n) is 2.80. The molecule has 0 amide bonds. The molecule has 0 radical (unpaired) electrons. The number of unbranched alkanes of at least 4 members (excludes halogenated alkanes) is 2. The number of rotatable bonds is 4. The predicted octanol–water partition coefficient (Wildman–Crippen LogP) is 2.39. The Morgan fingerprint density at radius 2 is 1.83 bits per heavy atom. The summed E-state index contributed by atoms with van der Waals surface area (Å²) in [5.74, 6) is 0.366. The molecule has 2 aliphatic rings. The molecule has 3 rings (SSSR count). The number of hydrogen-bond donors (Lipinski definition) is 1. The van der Waals surface area contributed by atoms with Gasteiger partial charge in [-0.2, -0.15) is 4.98 Å². The molecule has 0 fully saturated rings. The van der Waals surface area contributed by atoms with E-state index in [9.17, 15) is 9.59 Å². The second kappa shape index (κ2) is 5.95. The van der Waals surface area contributed by atoms with Crippen molar-refractivity contribution in [2.24, 2.45) is 0 Å². The van der Waals surface area contributed by atoms with E-state index in [2.05, 4.69) is 27.9 Å². The molecular weight excluding hydrogens is 292 g/mol. The summed E-state index contributed by atoms with van der Waals surface area (Å²) in [4.78, 5) is 34.4. The lowest BCUT2D eigenvalue weighted by molar-refractivity contribution is 0.608. The van der Waals surface area contributed by atoms with Gasteiger partial charge in [-0.1, -0.05) is 19.8 Å². The Morgan fingerprint density at radius 1 is 1.09 bits per heavy atom. The maximum absolute atomic E-state index is 12.1. The van der Waals surface area contributed by atoms with Gasteiger partial charge in [0.2, 0.25) is 0 Å². The van der Waals surface area contributed by atoms with Gasteiger partial charge < -0.3 is 4.57 Å². The van der Waals surface area contributed by atoms with Crippen LogP contribution in [-0.2, 0) is 6.54 Å². The molecule has 0 saturated carbocycles. The van der Waals surface area contributed by atoms with Gasteiger partial charge in [-0.15, -0.1) is 0 Å². The standard InChI is InChI=1S/C17H20N4O2/c1-4-5-6-7-21-13-9-11(3)10(2)8-12(13)18-14-15(21)19-17(23)20-16(14)22/h8-9H,4-7H2,1-3H3,(H,20,22,23). The van der Waals surface area contributed by atoms with Crippen molar-refractivity contribution in [1.29, 1.82) is 0 Å². The Morgan fingerprint density at radius 3 is 2.57 bits per heavy atom. The highest BCUT2D eigenvalue weighted by molar-refractivity contribution is 5.81. The Kier molecular flexibility index (Phi) is 3.98. The first-order chi connectivity index (χ1) is 11.0. The number of benzene rings is 1.